The van der Waals surface area contributed by atoms with Crippen molar-refractivity contribution in [1.82, 2.24) is 4.98 Å². The molecule has 3 heterocycles. The lowest BCUT2D eigenvalue weighted by molar-refractivity contribution is -0.145. The number of aliphatic hydroxyl groups is 1. The van der Waals surface area contributed by atoms with E-state index in [0.29, 0.717) is 29.0 Å². The standard InChI is InChI=1S/C32H35N3O5Si/c1-20-30(41(2,3)39)28(15-16-36)40-32(20)25-18-22(13-14-27(25)35(31(32)38)23-9-5-4-6-10-23)34-29(37)17-21-19-33-26-12-8-7-11-24(21)26/h4-14,18-20,28,30,33,36,39H,15-17H2,1-3H3,(H,34,37)/t20-,28+,30-,32+/m1/s1. The normalized spacial score (nSPS) is 23.9. The fraction of sp³-hybridized carbons (Fsp3) is 0.312. The van der Waals surface area contributed by atoms with Crippen LogP contribution in [-0.2, 0) is 26.3 Å². The third-order valence-corrected chi connectivity index (χ3v) is 11.1. The topological polar surface area (TPSA) is 115 Å². The van der Waals surface area contributed by atoms with Gasteiger partial charge in [0.1, 0.15) is 0 Å². The summed E-state index contributed by atoms with van der Waals surface area (Å²) >= 11 is 0. The number of carbonyl (C=O) groups is 2. The third kappa shape index (κ3) is 4.49. The van der Waals surface area contributed by atoms with Crippen LogP contribution in [0.5, 0.6) is 0 Å². The van der Waals surface area contributed by atoms with Crippen LogP contribution in [0.25, 0.3) is 10.9 Å². The number of amides is 2. The summed E-state index contributed by atoms with van der Waals surface area (Å²) in [5.41, 5.74) is 2.86. The Morgan fingerprint density at radius 3 is 2.56 bits per heavy atom. The molecule has 6 rings (SSSR count). The van der Waals surface area contributed by atoms with Gasteiger partial charge >= 0.3 is 0 Å². The minimum Gasteiger partial charge on any atom is -0.432 e. The minimum atomic E-state index is -2.81. The van der Waals surface area contributed by atoms with Crippen LogP contribution in [0.1, 0.15) is 24.5 Å². The second kappa shape index (κ2) is 10.3. The highest BCUT2D eigenvalue weighted by atomic mass is 28.4. The summed E-state index contributed by atoms with van der Waals surface area (Å²) in [7, 11) is -2.81. The van der Waals surface area contributed by atoms with Crippen molar-refractivity contribution >= 4 is 48.1 Å². The quantitative estimate of drug-likeness (QED) is 0.228. The number of nitrogens with one attached hydrogen (secondary N) is 2. The largest absolute Gasteiger partial charge is 0.432 e. The highest BCUT2D eigenvalue weighted by molar-refractivity contribution is 6.71. The number of hydrogen-bond acceptors (Lipinski definition) is 5. The average molecular weight is 570 g/mol. The number of benzene rings is 3. The van der Waals surface area contributed by atoms with Crippen LogP contribution in [0, 0.1) is 5.92 Å². The molecule has 0 unspecified atom stereocenters. The Hall–Kier alpha value is -3.76. The molecule has 4 aromatic rings. The smallest absolute Gasteiger partial charge is 0.268 e. The van der Waals surface area contributed by atoms with E-state index in [1.54, 1.807) is 11.0 Å². The summed E-state index contributed by atoms with van der Waals surface area (Å²) in [5, 5.41) is 13.9. The van der Waals surface area contributed by atoms with Gasteiger partial charge in [0.15, 0.2) is 13.9 Å². The van der Waals surface area contributed by atoms with Crippen molar-refractivity contribution < 1.29 is 24.2 Å². The van der Waals surface area contributed by atoms with Gasteiger partial charge in [0.2, 0.25) is 5.91 Å². The molecule has 4 atom stereocenters. The van der Waals surface area contributed by atoms with Crippen molar-refractivity contribution in [3.63, 3.8) is 0 Å². The monoisotopic (exact) mass is 569 g/mol. The van der Waals surface area contributed by atoms with Crippen molar-refractivity contribution in [1.29, 1.82) is 0 Å². The van der Waals surface area contributed by atoms with E-state index in [9.17, 15) is 19.5 Å². The molecule has 1 fully saturated rings. The lowest BCUT2D eigenvalue weighted by Gasteiger charge is -2.32. The molecule has 2 aliphatic rings. The third-order valence-electron chi connectivity index (χ3n) is 8.63. The van der Waals surface area contributed by atoms with Crippen molar-refractivity contribution in [3.8, 4) is 0 Å². The van der Waals surface area contributed by atoms with Gasteiger partial charge in [0.05, 0.1) is 18.2 Å². The van der Waals surface area contributed by atoms with E-state index >= 15 is 0 Å². The number of hydrogen-bond donors (Lipinski definition) is 4. The molecule has 2 amide bonds. The molecular formula is C32H35N3O5Si. The molecule has 2 aliphatic heterocycles. The molecule has 1 aromatic heterocycles. The number of aromatic amines is 1. The Morgan fingerprint density at radius 2 is 1.83 bits per heavy atom. The zero-order valence-electron chi connectivity index (χ0n) is 23.4. The Kier molecular flexibility index (Phi) is 6.86. The van der Waals surface area contributed by atoms with E-state index in [1.807, 2.05) is 92.9 Å². The van der Waals surface area contributed by atoms with Gasteiger partial charge in [-0.1, -0.05) is 43.3 Å². The lowest BCUT2D eigenvalue weighted by Crippen LogP contribution is -2.45. The van der Waals surface area contributed by atoms with Crippen LogP contribution in [0.3, 0.4) is 0 Å². The molecule has 212 valence electrons. The van der Waals surface area contributed by atoms with Crippen LogP contribution in [0.4, 0.5) is 17.1 Å². The fourth-order valence-electron chi connectivity index (χ4n) is 6.97. The molecule has 4 N–H and O–H groups in total. The maximum Gasteiger partial charge on any atom is 0.268 e. The van der Waals surface area contributed by atoms with Gasteiger partial charge < -0.3 is 24.9 Å². The number of aromatic nitrogens is 1. The van der Waals surface area contributed by atoms with Gasteiger partial charge in [-0.3, -0.25) is 14.5 Å². The van der Waals surface area contributed by atoms with Crippen LogP contribution in [-0.4, -0.2) is 47.7 Å². The number of rotatable bonds is 7. The van der Waals surface area contributed by atoms with Crippen LogP contribution in [0.15, 0.2) is 79.0 Å². The van der Waals surface area contributed by atoms with Crippen molar-refractivity contribution in [2.24, 2.45) is 5.92 Å². The molecule has 41 heavy (non-hydrogen) atoms. The highest BCUT2D eigenvalue weighted by Crippen LogP contribution is 2.60. The molecule has 0 radical (unpaired) electrons. The first-order valence-electron chi connectivity index (χ1n) is 14.0. The number of ether oxygens (including phenoxy) is 1. The van der Waals surface area contributed by atoms with E-state index < -0.39 is 20.0 Å². The first-order valence-corrected chi connectivity index (χ1v) is 17.1. The Balaban J connectivity index is 1.40. The molecule has 0 saturated carbocycles. The van der Waals surface area contributed by atoms with Gasteiger partial charge in [-0.05, 0) is 61.5 Å². The van der Waals surface area contributed by atoms with E-state index in [-0.39, 0.29) is 36.3 Å². The molecular weight excluding hydrogens is 534 g/mol. The average Bonchev–Trinajstić information content (AvgIpc) is 3.56. The summed E-state index contributed by atoms with van der Waals surface area (Å²) in [5.74, 6) is -0.756. The molecule has 3 aromatic carbocycles. The molecule has 0 aliphatic carbocycles. The number of nitrogens with zero attached hydrogens (tertiary/aromatic N) is 1. The zero-order valence-corrected chi connectivity index (χ0v) is 24.4. The Labute approximate surface area is 240 Å². The van der Waals surface area contributed by atoms with Crippen molar-refractivity contribution in [2.45, 2.75) is 50.1 Å². The number of aliphatic hydroxyl groups excluding tert-OH is 1. The van der Waals surface area contributed by atoms with Gasteiger partial charge in [0, 0.05) is 52.1 Å². The van der Waals surface area contributed by atoms with E-state index in [0.717, 1.165) is 16.5 Å². The molecule has 1 saturated heterocycles. The molecule has 1 spiro atoms. The predicted molar refractivity (Wildman–Crippen MR) is 162 cm³/mol. The van der Waals surface area contributed by atoms with Crippen molar-refractivity contribution in [3.05, 3.63) is 90.1 Å². The molecule has 9 heteroatoms. The van der Waals surface area contributed by atoms with E-state index in [4.69, 9.17) is 4.74 Å². The Morgan fingerprint density at radius 1 is 1.10 bits per heavy atom. The van der Waals surface area contributed by atoms with Gasteiger partial charge in [0.25, 0.3) is 5.91 Å². The summed E-state index contributed by atoms with van der Waals surface area (Å²) in [4.78, 5) is 43.8. The first-order chi connectivity index (χ1) is 19.6. The summed E-state index contributed by atoms with van der Waals surface area (Å²) in [6.07, 6.45) is 1.89. The van der Waals surface area contributed by atoms with Gasteiger partial charge in [-0.15, -0.1) is 0 Å². The minimum absolute atomic E-state index is 0.109. The Bertz CT molecular complexity index is 1610. The summed E-state index contributed by atoms with van der Waals surface area (Å²) in [6.45, 7) is 5.57. The number of fused-ring (bicyclic) bond motifs is 3. The lowest BCUT2D eigenvalue weighted by atomic mass is 9.82. The van der Waals surface area contributed by atoms with E-state index in [1.165, 1.54) is 0 Å². The predicted octanol–water partition coefficient (Wildman–Crippen LogP) is 5.21. The highest BCUT2D eigenvalue weighted by Gasteiger charge is 2.66. The fourth-order valence-corrected chi connectivity index (χ4v) is 9.57. The SMILES string of the molecule is C[C@@H]1[C@@H]([Si](C)(C)O)[C@H](CCO)O[C@@]12C(=O)N(c1ccccc1)c1ccc(NC(=O)Cc3c[nH]c4ccccc34)cc12. The number of anilines is 3. The number of para-hydroxylation sites is 2. The second-order valence-corrected chi connectivity index (χ2v) is 15.6. The zero-order chi connectivity index (χ0) is 28.9. The first kappa shape index (κ1) is 27.4. The van der Waals surface area contributed by atoms with Gasteiger partial charge in [-0.25, -0.2) is 0 Å². The van der Waals surface area contributed by atoms with Crippen LogP contribution in [0.2, 0.25) is 18.6 Å². The number of carbonyl (C=O) groups excluding carboxylic acids is 2. The maximum absolute atomic E-state index is 14.5. The molecule has 0 bridgehead atoms. The second-order valence-electron chi connectivity index (χ2n) is 11.7. The van der Waals surface area contributed by atoms with Crippen molar-refractivity contribution in [2.75, 3.05) is 16.8 Å². The van der Waals surface area contributed by atoms with Gasteiger partial charge in [-0.2, -0.15) is 0 Å². The molecule has 8 nitrogen and oxygen atoms in total. The maximum atomic E-state index is 14.5. The van der Waals surface area contributed by atoms with E-state index in [2.05, 4.69) is 10.3 Å². The summed E-state index contributed by atoms with van der Waals surface area (Å²) in [6, 6.07) is 22.8. The van der Waals surface area contributed by atoms with Crippen LogP contribution < -0.4 is 10.2 Å². The summed E-state index contributed by atoms with van der Waals surface area (Å²) < 4.78 is 6.69. The number of H-pyrrole nitrogens is 1. The van der Waals surface area contributed by atoms with Crippen LogP contribution >= 0.6 is 0 Å².